The molecular weight excluding hydrogens is 198 g/mol. The zero-order chi connectivity index (χ0) is 12.1. The molecule has 0 aliphatic heterocycles. The highest BCUT2D eigenvalue weighted by Gasteiger charge is 2.13. The second-order valence-corrected chi connectivity index (χ2v) is 4.68. The number of benzene rings is 1. The van der Waals surface area contributed by atoms with E-state index in [0.717, 1.165) is 17.5 Å². The summed E-state index contributed by atoms with van der Waals surface area (Å²) >= 11 is 0. The maximum absolute atomic E-state index is 12.0. The van der Waals surface area contributed by atoms with Crippen molar-refractivity contribution in [2.75, 3.05) is 0 Å². The smallest absolute Gasteiger partial charge is 0.163 e. The summed E-state index contributed by atoms with van der Waals surface area (Å²) in [5.74, 6) is 0.594. The van der Waals surface area contributed by atoms with Gasteiger partial charge in [0, 0.05) is 18.0 Å². The summed E-state index contributed by atoms with van der Waals surface area (Å²) in [6, 6.07) is 7.95. The minimum Gasteiger partial charge on any atom is -0.328 e. The van der Waals surface area contributed by atoms with Crippen LogP contribution in [0.1, 0.15) is 55.5 Å². The van der Waals surface area contributed by atoms with Gasteiger partial charge in [0.2, 0.25) is 0 Å². The average Bonchev–Trinajstić information content (AvgIpc) is 2.25. The van der Waals surface area contributed by atoms with Crippen LogP contribution >= 0.6 is 0 Å². The van der Waals surface area contributed by atoms with E-state index in [2.05, 4.69) is 13.8 Å². The van der Waals surface area contributed by atoms with Crippen LogP contribution in [0.15, 0.2) is 24.3 Å². The maximum Gasteiger partial charge on any atom is 0.163 e. The van der Waals surface area contributed by atoms with E-state index in [4.69, 9.17) is 5.73 Å². The molecular formula is C14H21NO. The Kier molecular flexibility index (Phi) is 4.69. The molecule has 0 heterocycles. The topological polar surface area (TPSA) is 43.1 Å². The molecule has 2 nitrogen and oxygen atoms in total. The molecule has 0 amide bonds. The molecule has 1 atom stereocenters. The van der Waals surface area contributed by atoms with Crippen LogP contribution in [0.2, 0.25) is 0 Å². The minimum absolute atomic E-state index is 0.0927. The fraction of sp³-hybridized carbons (Fsp3) is 0.500. The molecule has 0 aliphatic carbocycles. The summed E-state index contributed by atoms with van der Waals surface area (Å²) in [4.78, 5) is 12.0. The van der Waals surface area contributed by atoms with Crippen LogP contribution < -0.4 is 5.73 Å². The molecule has 0 bridgehead atoms. The van der Waals surface area contributed by atoms with Gasteiger partial charge in [-0.2, -0.15) is 0 Å². The molecule has 1 aromatic rings. The van der Waals surface area contributed by atoms with Gasteiger partial charge in [0.15, 0.2) is 5.78 Å². The van der Waals surface area contributed by atoms with Crippen molar-refractivity contribution in [2.45, 2.75) is 45.6 Å². The van der Waals surface area contributed by atoms with Crippen molar-refractivity contribution < 1.29 is 4.79 Å². The third-order valence-corrected chi connectivity index (χ3v) is 2.71. The van der Waals surface area contributed by atoms with Crippen LogP contribution in [-0.2, 0) is 0 Å². The van der Waals surface area contributed by atoms with Crippen LogP contribution in [0.5, 0.6) is 0 Å². The van der Waals surface area contributed by atoms with E-state index < -0.39 is 0 Å². The zero-order valence-corrected chi connectivity index (χ0v) is 10.4. The van der Waals surface area contributed by atoms with Gasteiger partial charge in [0.05, 0.1) is 0 Å². The molecule has 0 unspecified atom stereocenters. The Labute approximate surface area is 97.9 Å². The highest BCUT2D eigenvalue weighted by Crippen LogP contribution is 2.20. The van der Waals surface area contributed by atoms with Gasteiger partial charge in [-0.1, -0.05) is 38.1 Å². The van der Waals surface area contributed by atoms with E-state index in [1.54, 1.807) is 0 Å². The van der Waals surface area contributed by atoms with Gasteiger partial charge >= 0.3 is 0 Å². The molecule has 88 valence electrons. The highest BCUT2D eigenvalue weighted by atomic mass is 16.1. The standard InChI is InChI=1S/C14H21NO/c1-10(2)12-6-4-5-7-13(12)14(16)9-8-11(3)15/h4-7,10-11H,8-9,15H2,1-3H3/t11-/m1/s1. The number of hydrogen-bond acceptors (Lipinski definition) is 2. The Bertz CT molecular complexity index is 356. The van der Waals surface area contributed by atoms with E-state index in [-0.39, 0.29) is 11.8 Å². The normalized spacial score (nSPS) is 12.8. The summed E-state index contributed by atoms with van der Waals surface area (Å²) in [6.07, 6.45) is 1.30. The fourth-order valence-electron chi connectivity index (χ4n) is 1.75. The zero-order valence-electron chi connectivity index (χ0n) is 10.4. The van der Waals surface area contributed by atoms with Crippen molar-refractivity contribution in [1.82, 2.24) is 0 Å². The van der Waals surface area contributed by atoms with Gasteiger partial charge in [0.25, 0.3) is 0 Å². The monoisotopic (exact) mass is 219 g/mol. The first-order chi connectivity index (χ1) is 7.52. The van der Waals surface area contributed by atoms with Crippen molar-refractivity contribution in [3.05, 3.63) is 35.4 Å². The largest absolute Gasteiger partial charge is 0.328 e. The van der Waals surface area contributed by atoms with E-state index in [0.29, 0.717) is 12.3 Å². The number of ketones is 1. The minimum atomic E-state index is 0.0927. The highest BCUT2D eigenvalue weighted by molar-refractivity contribution is 5.97. The lowest BCUT2D eigenvalue weighted by atomic mass is 9.93. The molecule has 0 radical (unpaired) electrons. The lowest BCUT2D eigenvalue weighted by molar-refractivity contribution is 0.0976. The SMILES string of the molecule is CC(C)c1ccccc1C(=O)CC[C@@H](C)N. The number of carbonyl (C=O) groups excluding carboxylic acids is 1. The first kappa shape index (κ1) is 12.9. The Morgan fingerprint density at radius 3 is 2.44 bits per heavy atom. The predicted molar refractivity (Wildman–Crippen MR) is 67.7 cm³/mol. The van der Waals surface area contributed by atoms with Crippen LogP contribution in [0.4, 0.5) is 0 Å². The molecule has 2 heteroatoms. The van der Waals surface area contributed by atoms with Crippen LogP contribution in [0.25, 0.3) is 0 Å². The Balaban J connectivity index is 2.82. The first-order valence-electron chi connectivity index (χ1n) is 5.90. The summed E-state index contributed by atoms with van der Waals surface area (Å²) in [5.41, 5.74) is 7.66. The Morgan fingerprint density at radius 2 is 1.88 bits per heavy atom. The van der Waals surface area contributed by atoms with Gasteiger partial charge < -0.3 is 5.73 Å². The van der Waals surface area contributed by atoms with E-state index in [1.807, 2.05) is 31.2 Å². The van der Waals surface area contributed by atoms with Gasteiger partial charge in [-0.3, -0.25) is 4.79 Å². The first-order valence-corrected chi connectivity index (χ1v) is 5.90. The Morgan fingerprint density at radius 1 is 1.25 bits per heavy atom. The fourth-order valence-corrected chi connectivity index (χ4v) is 1.75. The molecule has 0 fully saturated rings. The van der Waals surface area contributed by atoms with Crippen LogP contribution in [-0.4, -0.2) is 11.8 Å². The summed E-state index contributed by atoms with van der Waals surface area (Å²) in [6.45, 7) is 6.15. The lowest BCUT2D eigenvalue weighted by Gasteiger charge is -2.12. The molecule has 1 aromatic carbocycles. The van der Waals surface area contributed by atoms with Gasteiger partial charge in [-0.05, 0) is 24.8 Å². The molecule has 2 N–H and O–H groups in total. The maximum atomic E-state index is 12.0. The van der Waals surface area contributed by atoms with Crippen LogP contribution in [0, 0.1) is 0 Å². The molecule has 16 heavy (non-hydrogen) atoms. The molecule has 0 spiro atoms. The number of carbonyl (C=O) groups is 1. The summed E-state index contributed by atoms with van der Waals surface area (Å²) < 4.78 is 0. The van der Waals surface area contributed by atoms with Crippen molar-refractivity contribution in [2.24, 2.45) is 5.73 Å². The van der Waals surface area contributed by atoms with Crippen LogP contribution in [0.3, 0.4) is 0 Å². The van der Waals surface area contributed by atoms with Crippen molar-refractivity contribution in [3.63, 3.8) is 0 Å². The summed E-state index contributed by atoms with van der Waals surface area (Å²) in [7, 11) is 0. The van der Waals surface area contributed by atoms with E-state index in [9.17, 15) is 4.79 Å². The molecule has 0 saturated heterocycles. The number of nitrogens with two attached hydrogens (primary N) is 1. The van der Waals surface area contributed by atoms with E-state index >= 15 is 0 Å². The molecule has 1 rings (SSSR count). The third-order valence-electron chi connectivity index (χ3n) is 2.71. The average molecular weight is 219 g/mol. The van der Waals surface area contributed by atoms with E-state index in [1.165, 1.54) is 0 Å². The second kappa shape index (κ2) is 5.80. The van der Waals surface area contributed by atoms with Gasteiger partial charge in [-0.15, -0.1) is 0 Å². The molecule has 0 aromatic heterocycles. The van der Waals surface area contributed by atoms with Crippen molar-refractivity contribution >= 4 is 5.78 Å². The number of Topliss-reactive ketones (excluding diaryl/α,β-unsaturated/α-hetero) is 1. The molecule has 0 saturated carbocycles. The predicted octanol–water partition coefficient (Wildman–Crippen LogP) is 3.12. The summed E-state index contributed by atoms with van der Waals surface area (Å²) in [5, 5.41) is 0. The van der Waals surface area contributed by atoms with Crippen molar-refractivity contribution in [3.8, 4) is 0 Å². The van der Waals surface area contributed by atoms with Gasteiger partial charge in [-0.25, -0.2) is 0 Å². The number of hydrogen-bond donors (Lipinski definition) is 1. The lowest BCUT2D eigenvalue weighted by Crippen LogP contribution is -2.17. The quantitative estimate of drug-likeness (QED) is 0.773. The molecule has 0 aliphatic rings. The third kappa shape index (κ3) is 3.46. The Hall–Kier alpha value is -1.15. The van der Waals surface area contributed by atoms with Gasteiger partial charge in [0.1, 0.15) is 0 Å². The second-order valence-electron chi connectivity index (χ2n) is 4.68. The van der Waals surface area contributed by atoms with Crippen molar-refractivity contribution in [1.29, 1.82) is 0 Å². The number of rotatable bonds is 5.